The van der Waals surface area contributed by atoms with Crippen molar-refractivity contribution in [3.05, 3.63) is 135 Å². The largest absolute Gasteiger partial charge is 0.374 e. The number of rotatable bonds is 11. The van der Waals surface area contributed by atoms with Gasteiger partial charge in [-0.15, -0.1) is 0 Å². The Morgan fingerprint density at radius 1 is 0.810 bits per heavy atom. The first-order valence-electron chi connectivity index (χ1n) is 13.7. The Morgan fingerprint density at radius 3 is 2.00 bits per heavy atom. The van der Waals surface area contributed by atoms with Gasteiger partial charge in [0.2, 0.25) is 0 Å². The average molecular weight is 583 g/mol. The Bertz CT molecular complexity index is 1720. The molecular formula is C32H30N4O5S. The van der Waals surface area contributed by atoms with Gasteiger partial charge in [-0.3, -0.25) is 4.98 Å². The van der Waals surface area contributed by atoms with Crippen molar-refractivity contribution in [3.8, 4) is 0 Å². The van der Waals surface area contributed by atoms with Crippen LogP contribution in [-0.4, -0.2) is 44.4 Å². The molecule has 1 N–H and O–H groups in total. The van der Waals surface area contributed by atoms with Crippen LogP contribution < -0.4 is 5.69 Å². The minimum atomic E-state index is -0.878. The number of hydrogen-bond acceptors (Lipinski definition) is 8. The minimum absolute atomic E-state index is 0.223. The zero-order valence-electron chi connectivity index (χ0n) is 22.7. The molecule has 0 bridgehead atoms. The van der Waals surface area contributed by atoms with Crippen molar-refractivity contribution >= 4 is 23.3 Å². The Kier molecular flexibility index (Phi) is 8.88. The highest BCUT2D eigenvalue weighted by atomic mass is 32.1. The minimum Gasteiger partial charge on any atom is -0.374 e. The highest BCUT2D eigenvalue weighted by Crippen LogP contribution is 2.36. The zero-order chi connectivity index (χ0) is 28.7. The molecule has 1 fully saturated rings. The molecule has 1 saturated heterocycles. The standard InChI is InChI=1S/C32H30N4O5S/c37-32-35-30(42)25-16-33-21-34-29(25)36(32)31-28(40-19-24-14-8-3-9-15-24)27(39-18-23-12-6-2-7-13-23)26(41-31)20-38-17-22-10-4-1-5-11-22/h1-16,21,26-28,31H,17-20H2,(H,35,37,42)/t26-,27-,28-,31-/m1/s1. The summed E-state index contributed by atoms with van der Waals surface area (Å²) in [6.07, 6.45) is 0.286. The van der Waals surface area contributed by atoms with Crippen molar-refractivity contribution in [1.29, 1.82) is 0 Å². The first kappa shape index (κ1) is 28.1. The summed E-state index contributed by atoms with van der Waals surface area (Å²) in [7, 11) is 0. The van der Waals surface area contributed by atoms with Crippen molar-refractivity contribution in [2.45, 2.75) is 44.4 Å². The van der Waals surface area contributed by atoms with Gasteiger partial charge in [-0.1, -0.05) is 103 Å². The third-order valence-electron chi connectivity index (χ3n) is 7.11. The van der Waals surface area contributed by atoms with Crippen LogP contribution in [0.4, 0.5) is 0 Å². The Labute approximate surface area is 247 Å². The fourth-order valence-corrected chi connectivity index (χ4v) is 5.29. The molecule has 2 aromatic heterocycles. The van der Waals surface area contributed by atoms with Gasteiger partial charge in [-0.2, -0.15) is 0 Å². The fraction of sp³-hybridized carbons (Fsp3) is 0.250. The number of hydrogen-bond donors (Lipinski definition) is 1. The van der Waals surface area contributed by atoms with E-state index in [-0.39, 0.29) is 11.2 Å². The Hall–Kier alpha value is -4.06. The lowest BCUT2D eigenvalue weighted by atomic mass is 10.1. The third kappa shape index (κ3) is 6.38. The predicted octanol–water partition coefficient (Wildman–Crippen LogP) is 5.13. The van der Waals surface area contributed by atoms with E-state index in [0.29, 0.717) is 30.9 Å². The number of benzene rings is 3. The van der Waals surface area contributed by atoms with Crippen LogP contribution in [0.5, 0.6) is 0 Å². The van der Waals surface area contributed by atoms with E-state index in [4.69, 9.17) is 31.2 Å². The summed E-state index contributed by atoms with van der Waals surface area (Å²) in [5.41, 5.74) is 2.92. The van der Waals surface area contributed by atoms with Crippen molar-refractivity contribution in [2.24, 2.45) is 0 Å². The van der Waals surface area contributed by atoms with Crippen molar-refractivity contribution in [3.63, 3.8) is 0 Å². The monoisotopic (exact) mass is 582 g/mol. The summed E-state index contributed by atoms with van der Waals surface area (Å²) < 4.78 is 27.5. The Balaban J connectivity index is 1.35. The maximum absolute atomic E-state index is 13.4. The third-order valence-corrected chi connectivity index (χ3v) is 7.43. The van der Waals surface area contributed by atoms with E-state index < -0.39 is 30.2 Å². The number of fused-ring (bicyclic) bond motifs is 1. The van der Waals surface area contributed by atoms with Gasteiger partial charge in [-0.05, 0) is 16.7 Å². The highest BCUT2D eigenvalue weighted by Gasteiger charge is 2.48. The van der Waals surface area contributed by atoms with E-state index in [0.717, 1.165) is 16.7 Å². The van der Waals surface area contributed by atoms with Crippen molar-refractivity contribution in [2.75, 3.05) is 6.61 Å². The van der Waals surface area contributed by atoms with Gasteiger partial charge in [0.1, 0.15) is 29.3 Å². The van der Waals surface area contributed by atoms with Crippen LogP contribution in [0.15, 0.2) is 108 Å². The van der Waals surface area contributed by atoms with Crippen LogP contribution in [0.25, 0.3) is 11.0 Å². The lowest BCUT2D eigenvalue weighted by Gasteiger charge is -2.26. The van der Waals surface area contributed by atoms with Gasteiger partial charge in [0.25, 0.3) is 0 Å². The van der Waals surface area contributed by atoms with E-state index in [9.17, 15) is 4.79 Å². The number of aromatic nitrogens is 4. The molecule has 214 valence electrons. The highest BCUT2D eigenvalue weighted by molar-refractivity contribution is 7.71. The zero-order valence-corrected chi connectivity index (χ0v) is 23.6. The van der Waals surface area contributed by atoms with Gasteiger partial charge in [0.15, 0.2) is 11.9 Å². The lowest BCUT2D eigenvalue weighted by molar-refractivity contribution is -0.0917. The van der Waals surface area contributed by atoms with Gasteiger partial charge < -0.3 is 18.9 Å². The molecule has 0 saturated carbocycles. The smallest absolute Gasteiger partial charge is 0.330 e. The molecule has 6 rings (SSSR count). The van der Waals surface area contributed by atoms with Crippen LogP contribution >= 0.6 is 12.2 Å². The summed E-state index contributed by atoms with van der Waals surface area (Å²) in [5.74, 6) is 0. The first-order valence-corrected chi connectivity index (χ1v) is 14.1. The molecule has 4 atom stereocenters. The van der Waals surface area contributed by atoms with E-state index in [1.54, 1.807) is 6.20 Å². The molecule has 10 heteroatoms. The molecule has 1 aliphatic heterocycles. The number of nitrogens with one attached hydrogen (secondary N) is 1. The number of nitrogens with zero attached hydrogens (tertiary/aromatic N) is 3. The number of H-pyrrole nitrogens is 1. The molecule has 5 aromatic rings. The van der Waals surface area contributed by atoms with Crippen LogP contribution in [0, 0.1) is 4.64 Å². The molecule has 9 nitrogen and oxygen atoms in total. The van der Waals surface area contributed by atoms with E-state index in [1.807, 2.05) is 91.0 Å². The second-order valence-electron chi connectivity index (χ2n) is 9.98. The van der Waals surface area contributed by atoms with Crippen LogP contribution in [0.1, 0.15) is 22.9 Å². The second kappa shape index (κ2) is 13.3. The maximum atomic E-state index is 13.4. The molecule has 42 heavy (non-hydrogen) atoms. The predicted molar refractivity (Wildman–Crippen MR) is 159 cm³/mol. The summed E-state index contributed by atoms with van der Waals surface area (Å²) in [6.45, 7) is 1.25. The molecule has 0 radical (unpaired) electrons. The molecule has 0 unspecified atom stereocenters. The topological polar surface area (TPSA) is 100 Å². The van der Waals surface area contributed by atoms with E-state index >= 15 is 0 Å². The van der Waals surface area contributed by atoms with Crippen LogP contribution in [0.2, 0.25) is 0 Å². The molecule has 0 spiro atoms. The molecule has 1 aliphatic rings. The summed E-state index contributed by atoms with van der Waals surface area (Å²) in [5, 5.41) is 0.531. The van der Waals surface area contributed by atoms with Gasteiger partial charge >= 0.3 is 5.69 Å². The molecule has 0 amide bonds. The van der Waals surface area contributed by atoms with Gasteiger partial charge in [0, 0.05) is 6.20 Å². The summed E-state index contributed by atoms with van der Waals surface area (Å²) >= 11 is 5.40. The van der Waals surface area contributed by atoms with Gasteiger partial charge in [0.05, 0.1) is 31.8 Å². The number of aromatic amines is 1. The summed E-state index contributed by atoms with van der Waals surface area (Å²) in [4.78, 5) is 24.7. The molecule has 3 aromatic carbocycles. The Morgan fingerprint density at radius 2 is 1.38 bits per heavy atom. The molecule has 0 aliphatic carbocycles. The SMILES string of the molecule is O=c1[nH]c(=S)c2cncnc2n1[C@@H]1O[C@H](COCc2ccccc2)[C@@H](OCc2ccccc2)[C@H]1OCc1ccccc1. The van der Waals surface area contributed by atoms with Crippen molar-refractivity contribution in [1.82, 2.24) is 19.5 Å². The van der Waals surface area contributed by atoms with E-state index in [1.165, 1.54) is 10.9 Å². The normalized spacial score (nSPS) is 20.2. The maximum Gasteiger partial charge on any atom is 0.330 e. The second-order valence-corrected chi connectivity index (χ2v) is 10.4. The van der Waals surface area contributed by atoms with Crippen LogP contribution in [0.3, 0.4) is 0 Å². The number of ether oxygens (including phenoxy) is 4. The lowest BCUT2D eigenvalue weighted by Crippen LogP contribution is -2.40. The fourth-order valence-electron chi connectivity index (χ4n) is 5.06. The summed E-state index contributed by atoms with van der Waals surface area (Å²) in [6, 6.07) is 29.6. The quantitative estimate of drug-likeness (QED) is 0.214. The van der Waals surface area contributed by atoms with Crippen LogP contribution in [-0.2, 0) is 38.8 Å². The first-order chi connectivity index (χ1) is 20.7. The average Bonchev–Trinajstić information content (AvgIpc) is 3.37. The molecule has 3 heterocycles. The van der Waals surface area contributed by atoms with E-state index in [2.05, 4.69) is 15.0 Å². The molecular weight excluding hydrogens is 552 g/mol. The van der Waals surface area contributed by atoms with Crippen molar-refractivity contribution < 1.29 is 18.9 Å². The van der Waals surface area contributed by atoms with Gasteiger partial charge in [-0.25, -0.2) is 19.3 Å².